The zero-order valence-corrected chi connectivity index (χ0v) is 16.2. The van der Waals surface area contributed by atoms with Crippen molar-refractivity contribution in [3.63, 3.8) is 0 Å². The smallest absolute Gasteiger partial charge is 0.326 e. The number of nitrogens with zero attached hydrogens (tertiary/aromatic N) is 1. The van der Waals surface area contributed by atoms with Crippen LogP contribution < -0.4 is 27.8 Å². The van der Waals surface area contributed by atoms with Gasteiger partial charge in [-0.05, 0) is 37.5 Å². The van der Waals surface area contributed by atoms with Crippen LogP contribution in [0, 0.1) is 0 Å². The largest absolute Gasteiger partial charge is 0.508 e. The van der Waals surface area contributed by atoms with Gasteiger partial charge in [-0.1, -0.05) is 12.1 Å². The van der Waals surface area contributed by atoms with Crippen LogP contribution in [0.25, 0.3) is 0 Å². The van der Waals surface area contributed by atoms with Crippen LogP contribution in [0.5, 0.6) is 5.75 Å². The maximum atomic E-state index is 12.6. The van der Waals surface area contributed by atoms with E-state index < -0.39 is 35.9 Å². The second-order valence-corrected chi connectivity index (χ2v) is 6.57. The number of carboxylic acid groups (broad SMARTS) is 1. The van der Waals surface area contributed by atoms with E-state index in [0.29, 0.717) is 12.0 Å². The van der Waals surface area contributed by atoms with E-state index in [1.54, 1.807) is 12.1 Å². The van der Waals surface area contributed by atoms with E-state index in [1.807, 2.05) is 0 Å². The average molecular weight is 408 g/mol. The Morgan fingerprint density at radius 2 is 1.66 bits per heavy atom. The number of rotatable bonds is 11. The van der Waals surface area contributed by atoms with Gasteiger partial charge in [-0.2, -0.15) is 0 Å². The zero-order valence-electron chi connectivity index (χ0n) is 16.2. The summed E-state index contributed by atoms with van der Waals surface area (Å²) in [7, 11) is 0. The summed E-state index contributed by atoms with van der Waals surface area (Å²) in [5.74, 6) is -2.48. The third kappa shape index (κ3) is 8.93. The van der Waals surface area contributed by atoms with Crippen molar-refractivity contribution in [2.45, 2.75) is 44.3 Å². The van der Waals surface area contributed by atoms with Crippen LogP contribution in [0.2, 0.25) is 0 Å². The summed E-state index contributed by atoms with van der Waals surface area (Å²) < 4.78 is 0. The second kappa shape index (κ2) is 11.5. The number of benzene rings is 1. The maximum absolute atomic E-state index is 12.6. The molecule has 10 N–H and O–H groups in total. The van der Waals surface area contributed by atoms with E-state index in [1.165, 1.54) is 19.1 Å². The number of aliphatic carboxylic acids is 1. The molecule has 1 rings (SSSR count). The Kier molecular flexibility index (Phi) is 9.39. The number of carbonyl (C=O) groups is 3. The predicted octanol–water partition coefficient (Wildman–Crippen LogP) is -1.61. The first kappa shape index (κ1) is 23.7. The van der Waals surface area contributed by atoms with E-state index in [9.17, 15) is 24.6 Å². The third-order valence-corrected chi connectivity index (χ3v) is 3.98. The fourth-order valence-corrected chi connectivity index (χ4v) is 2.42. The van der Waals surface area contributed by atoms with Crippen molar-refractivity contribution in [1.29, 1.82) is 0 Å². The van der Waals surface area contributed by atoms with E-state index in [-0.39, 0.29) is 31.1 Å². The molecule has 29 heavy (non-hydrogen) atoms. The third-order valence-electron chi connectivity index (χ3n) is 3.98. The number of nitrogens with one attached hydrogen (secondary N) is 2. The van der Waals surface area contributed by atoms with E-state index in [2.05, 4.69) is 15.6 Å². The van der Waals surface area contributed by atoms with Gasteiger partial charge in [-0.15, -0.1) is 0 Å². The lowest BCUT2D eigenvalue weighted by Crippen LogP contribution is -2.54. The average Bonchev–Trinajstić information content (AvgIpc) is 2.64. The second-order valence-electron chi connectivity index (χ2n) is 6.57. The van der Waals surface area contributed by atoms with Gasteiger partial charge < -0.3 is 38.0 Å². The summed E-state index contributed by atoms with van der Waals surface area (Å²) in [4.78, 5) is 39.9. The van der Waals surface area contributed by atoms with Crippen molar-refractivity contribution in [2.75, 3.05) is 6.54 Å². The molecule has 3 atom stereocenters. The lowest BCUT2D eigenvalue weighted by atomic mass is 10.0. The molecule has 0 saturated heterocycles. The number of phenols is 1. The molecule has 0 spiro atoms. The first-order valence-corrected chi connectivity index (χ1v) is 9.02. The number of hydrogen-bond donors (Lipinski definition) is 7. The molecule has 0 heterocycles. The highest BCUT2D eigenvalue weighted by Gasteiger charge is 2.27. The van der Waals surface area contributed by atoms with Crippen molar-refractivity contribution in [2.24, 2.45) is 22.2 Å². The summed E-state index contributed by atoms with van der Waals surface area (Å²) in [5, 5.41) is 23.7. The van der Waals surface area contributed by atoms with Crippen LogP contribution in [-0.4, -0.2) is 58.6 Å². The molecule has 0 aromatic heterocycles. The van der Waals surface area contributed by atoms with E-state index in [0.717, 1.165) is 0 Å². The van der Waals surface area contributed by atoms with Crippen molar-refractivity contribution in [3.8, 4) is 5.75 Å². The van der Waals surface area contributed by atoms with Gasteiger partial charge in [0.15, 0.2) is 5.96 Å². The molecule has 0 aliphatic heterocycles. The zero-order chi connectivity index (χ0) is 22.0. The maximum Gasteiger partial charge on any atom is 0.326 e. The summed E-state index contributed by atoms with van der Waals surface area (Å²) in [5.41, 5.74) is 16.6. The predicted molar refractivity (Wildman–Crippen MR) is 107 cm³/mol. The van der Waals surface area contributed by atoms with Crippen LogP contribution in [0.15, 0.2) is 29.3 Å². The summed E-state index contributed by atoms with van der Waals surface area (Å²) in [6.45, 7) is 1.71. The lowest BCUT2D eigenvalue weighted by molar-refractivity contribution is -0.142. The molecular formula is C18H28N6O5. The van der Waals surface area contributed by atoms with Gasteiger partial charge in [-0.25, -0.2) is 4.79 Å². The van der Waals surface area contributed by atoms with Gasteiger partial charge in [0.1, 0.15) is 17.8 Å². The molecular weight excluding hydrogens is 380 g/mol. The summed E-state index contributed by atoms with van der Waals surface area (Å²) in [6.07, 6.45) is 0.570. The molecule has 1 aromatic carbocycles. The molecule has 0 bridgehead atoms. The van der Waals surface area contributed by atoms with E-state index >= 15 is 0 Å². The van der Waals surface area contributed by atoms with Crippen molar-refractivity contribution < 1.29 is 24.6 Å². The topological polar surface area (TPSA) is 206 Å². The Bertz CT molecular complexity index is 731. The normalized spacial score (nSPS) is 13.6. The number of nitrogens with two attached hydrogens (primary N) is 3. The minimum Gasteiger partial charge on any atom is -0.508 e. The number of carboxylic acids is 1. The summed E-state index contributed by atoms with van der Waals surface area (Å²) in [6, 6.07) is 2.90. The van der Waals surface area contributed by atoms with Crippen LogP contribution in [0.3, 0.4) is 0 Å². The fraction of sp³-hybridized carbons (Fsp3) is 0.444. The Morgan fingerprint density at radius 1 is 1.07 bits per heavy atom. The standard InChI is InChI=1S/C18H28N6O5/c1-10(19)15(26)23-13(3-2-8-22-18(20)21)16(27)24-14(17(28)29)9-11-4-6-12(25)7-5-11/h4-7,10,13-14,25H,2-3,8-9,19H2,1H3,(H,23,26)(H,24,27)(H,28,29)(H4,20,21,22). The Labute approximate surface area is 168 Å². The number of aromatic hydroxyl groups is 1. The van der Waals surface area contributed by atoms with Gasteiger partial charge in [0.25, 0.3) is 0 Å². The highest BCUT2D eigenvalue weighted by Crippen LogP contribution is 2.12. The van der Waals surface area contributed by atoms with Crippen LogP contribution in [0.4, 0.5) is 0 Å². The fourth-order valence-electron chi connectivity index (χ4n) is 2.42. The highest BCUT2D eigenvalue weighted by molar-refractivity contribution is 5.91. The number of carbonyl (C=O) groups excluding carboxylic acids is 2. The lowest BCUT2D eigenvalue weighted by Gasteiger charge is -2.22. The molecule has 0 aliphatic carbocycles. The van der Waals surface area contributed by atoms with Gasteiger partial charge in [0.05, 0.1) is 6.04 Å². The SMILES string of the molecule is CC(N)C(=O)NC(CCCN=C(N)N)C(=O)NC(Cc1ccc(O)cc1)C(=O)O. The first-order chi connectivity index (χ1) is 13.6. The monoisotopic (exact) mass is 408 g/mol. The minimum atomic E-state index is -1.23. The molecule has 0 aliphatic rings. The molecule has 11 heteroatoms. The first-order valence-electron chi connectivity index (χ1n) is 9.02. The van der Waals surface area contributed by atoms with Crippen molar-refractivity contribution in [1.82, 2.24) is 10.6 Å². The molecule has 160 valence electrons. The van der Waals surface area contributed by atoms with Gasteiger partial charge in [0.2, 0.25) is 11.8 Å². The van der Waals surface area contributed by atoms with Crippen LogP contribution >= 0.6 is 0 Å². The molecule has 11 nitrogen and oxygen atoms in total. The van der Waals surface area contributed by atoms with Crippen LogP contribution in [0.1, 0.15) is 25.3 Å². The quantitative estimate of drug-likeness (QED) is 0.128. The number of phenolic OH excluding ortho intramolecular Hbond substituents is 1. The van der Waals surface area contributed by atoms with Crippen LogP contribution in [-0.2, 0) is 20.8 Å². The molecule has 0 fully saturated rings. The Morgan fingerprint density at radius 3 is 2.17 bits per heavy atom. The number of aliphatic imine (C=N–C) groups is 1. The van der Waals surface area contributed by atoms with E-state index in [4.69, 9.17) is 17.2 Å². The van der Waals surface area contributed by atoms with Gasteiger partial charge in [0, 0.05) is 13.0 Å². The molecule has 0 saturated carbocycles. The summed E-state index contributed by atoms with van der Waals surface area (Å²) >= 11 is 0. The molecule has 1 aromatic rings. The van der Waals surface area contributed by atoms with Gasteiger partial charge in [-0.3, -0.25) is 14.6 Å². The molecule has 0 radical (unpaired) electrons. The number of guanidine groups is 1. The molecule has 2 amide bonds. The highest BCUT2D eigenvalue weighted by atomic mass is 16.4. The minimum absolute atomic E-state index is 0.00329. The van der Waals surface area contributed by atoms with Crippen molar-refractivity contribution in [3.05, 3.63) is 29.8 Å². The molecule has 3 unspecified atom stereocenters. The number of amides is 2. The van der Waals surface area contributed by atoms with Gasteiger partial charge >= 0.3 is 5.97 Å². The Balaban J connectivity index is 2.83. The number of hydrogen-bond acceptors (Lipinski definition) is 6. The Hall–Kier alpha value is -3.34. The van der Waals surface area contributed by atoms with Crippen molar-refractivity contribution >= 4 is 23.7 Å².